The lowest BCUT2D eigenvalue weighted by atomic mass is 9.79. The van der Waals surface area contributed by atoms with Gasteiger partial charge in [0.25, 0.3) is 0 Å². The number of nitrogens with one attached hydrogen (secondary N) is 2. The van der Waals surface area contributed by atoms with Crippen LogP contribution in [-0.2, 0) is 0 Å². The molecule has 1 heterocycles. The van der Waals surface area contributed by atoms with Gasteiger partial charge in [-0.15, -0.1) is 5.10 Å². The summed E-state index contributed by atoms with van der Waals surface area (Å²) < 4.78 is 1.87. The predicted octanol–water partition coefficient (Wildman–Crippen LogP) is 2.41. The average molecular weight is 310 g/mol. The van der Waals surface area contributed by atoms with Crippen molar-refractivity contribution in [2.45, 2.75) is 68.4 Å². The molecule has 3 atom stereocenters. The zero-order valence-corrected chi connectivity index (χ0v) is 13.9. The van der Waals surface area contributed by atoms with Gasteiger partial charge in [-0.2, -0.15) is 0 Å². The van der Waals surface area contributed by atoms with Crippen LogP contribution in [0, 0.1) is 11.8 Å². The number of rotatable bonds is 5. The molecule has 1 aromatic rings. The normalized spacial score (nSPS) is 30.0. The maximum atomic E-state index is 11.9. The molecule has 3 rings (SSSR count). The van der Waals surface area contributed by atoms with Crippen LogP contribution in [0.15, 0.2) is 9.95 Å². The van der Waals surface area contributed by atoms with Crippen molar-refractivity contribution in [3.05, 3.63) is 10.5 Å². The van der Waals surface area contributed by atoms with Gasteiger partial charge in [0.15, 0.2) is 5.16 Å². The fourth-order valence-electron chi connectivity index (χ4n) is 3.39. The summed E-state index contributed by atoms with van der Waals surface area (Å²) in [6.07, 6.45) is 5.95. The zero-order valence-electron chi connectivity index (χ0n) is 13.1. The lowest BCUT2D eigenvalue weighted by Gasteiger charge is -2.37. The molecule has 2 aliphatic carbocycles. The number of nitrogens with zero attached hydrogens (tertiary/aromatic N) is 2. The van der Waals surface area contributed by atoms with Crippen LogP contribution in [-0.4, -0.2) is 33.1 Å². The van der Waals surface area contributed by atoms with E-state index in [1.807, 2.05) is 11.6 Å². The smallest absolute Gasteiger partial charge is 0.316 e. The molecule has 118 valence electrons. The Morgan fingerprint density at radius 1 is 1.33 bits per heavy atom. The first-order valence-corrected chi connectivity index (χ1v) is 8.99. The molecule has 3 unspecified atom stereocenters. The second-order valence-corrected chi connectivity index (χ2v) is 7.99. The van der Waals surface area contributed by atoms with Gasteiger partial charge in [-0.1, -0.05) is 25.6 Å². The van der Waals surface area contributed by atoms with Crippen LogP contribution >= 0.6 is 11.8 Å². The minimum absolute atomic E-state index is 0.0442. The highest BCUT2D eigenvalue weighted by Crippen LogP contribution is 2.41. The molecule has 0 radical (unpaired) electrons. The third kappa shape index (κ3) is 3.21. The molecule has 2 saturated carbocycles. The third-order valence-electron chi connectivity index (χ3n) is 4.99. The van der Waals surface area contributed by atoms with E-state index in [1.54, 1.807) is 11.8 Å². The van der Waals surface area contributed by atoms with E-state index in [1.165, 1.54) is 19.3 Å². The standard InChI is InChI=1S/C15H26N4OS/c1-9(2)10-4-7-12(16-3)13(8-10)21-15-18-17-14(20)19(15)11-5-6-11/h9-13,16H,4-8H2,1-3H3,(H,17,20). The van der Waals surface area contributed by atoms with E-state index < -0.39 is 0 Å². The Bertz CT molecular complexity index is 534. The molecule has 2 N–H and O–H groups in total. The third-order valence-corrected chi connectivity index (χ3v) is 6.31. The Balaban J connectivity index is 1.76. The fourth-order valence-corrected chi connectivity index (χ4v) is 4.88. The van der Waals surface area contributed by atoms with E-state index in [0.29, 0.717) is 17.3 Å². The first-order valence-electron chi connectivity index (χ1n) is 8.11. The van der Waals surface area contributed by atoms with Gasteiger partial charge < -0.3 is 5.32 Å². The highest BCUT2D eigenvalue weighted by molar-refractivity contribution is 7.99. The Morgan fingerprint density at radius 3 is 2.71 bits per heavy atom. The van der Waals surface area contributed by atoms with Gasteiger partial charge in [0.2, 0.25) is 0 Å². The highest BCUT2D eigenvalue weighted by Gasteiger charge is 2.35. The van der Waals surface area contributed by atoms with Crippen LogP contribution in [0.3, 0.4) is 0 Å². The summed E-state index contributed by atoms with van der Waals surface area (Å²) in [6, 6.07) is 0.903. The zero-order chi connectivity index (χ0) is 15.0. The molecular weight excluding hydrogens is 284 g/mol. The summed E-state index contributed by atoms with van der Waals surface area (Å²) in [4.78, 5) is 11.9. The molecule has 0 aliphatic heterocycles. The highest BCUT2D eigenvalue weighted by atomic mass is 32.2. The van der Waals surface area contributed by atoms with E-state index in [4.69, 9.17) is 0 Å². The van der Waals surface area contributed by atoms with Gasteiger partial charge in [-0.05, 0) is 51.0 Å². The summed E-state index contributed by atoms with van der Waals surface area (Å²) in [5.41, 5.74) is -0.0442. The second-order valence-electron chi connectivity index (χ2n) is 6.78. The Hall–Kier alpha value is -0.750. The maximum Gasteiger partial charge on any atom is 0.344 e. The minimum atomic E-state index is -0.0442. The predicted molar refractivity (Wildman–Crippen MR) is 85.8 cm³/mol. The van der Waals surface area contributed by atoms with Gasteiger partial charge in [-0.25, -0.2) is 9.89 Å². The quantitative estimate of drug-likeness (QED) is 0.877. The van der Waals surface area contributed by atoms with Crippen LogP contribution in [0.25, 0.3) is 0 Å². The summed E-state index contributed by atoms with van der Waals surface area (Å²) in [5.74, 6) is 1.52. The molecule has 1 aromatic heterocycles. The minimum Gasteiger partial charge on any atom is -0.316 e. The lowest BCUT2D eigenvalue weighted by molar-refractivity contribution is 0.251. The largest absolute Gasteiger partial charge is 0.344 e. The van der Waals surface area contributed by atoms with Crippen molar-refractivity contribution in [2.24, 2.45) is 11.8 Å². The number of aromatic amines is 1. The van der Waals surface area contributed by atoms with Crippen molar-refractivity contribution in [3.63, 3.8) is 0 Å². The molecular formula is C15H26N4OS. The number of hydrogen-bond donors (Lipinski definition) is 2. The molecule has 2 aliphatic rings. The van der Waals surface area contributed by atoms with Crippen molar-refractivity contribution < 1.29 is 0 Å². The Morgan fingerprint density at radius 2 is 2.10 bits per heavy atom. The lowest BCUT2D eigenvalue weighted by Crippen LogP contribution is -2.41. The van der Waals surface area contributed by atoms with Crippen molar-refractivity contribution in [2.75, 3.05) is 7.05 Å². The topological polar surface area (TPSA) is 62.7 Å². The summed E-state index contributed by atoms with van der Waals surface area (Å²) in [6.45, 7) is 4.64. The fraction of sp³-hybridized carbons (Fsp3) is 0.867. The van der Waals surface area contributed by atoms with E-state index in [2.05, 4.69) is 29.4 Å². The summed E-state index contributed by atoms with van der Waals surface area (Å²) in [5, 5.41) is 11.7. The Labute approximate surface area is 130 Å². The van der Waals surface area contributed by atoms with E-state index >= 15 is 0 Å². The van der Waals surface area contributed by atoms with Gasteiger partial charge >= 0.3 is 5.69 Å². The molecule has 2 fully saturated rings. The van der Waals surface area contributed by atoms with Crippen molar-refractivity contribution in [1.29, 1.82) is 0 Å². The molecule has 5 nitrogen and oxygen atoms in total. The summed E-state index contributed by atoms with van der Waals surface area (Å²) in [7, 11) is 2.05. The Kier molecular flexibility index (Phi) is 4.45. The number of H-pyrrole nitrogens is 1. The molecule has 0 aromatic carbocycles. The molecule has 0 amide bonds. The van der Waals surface area contributed by atoms with Gasteiger partial charge in [0.05, 0.1) is 0 Å². The number of hydrogen-bond acceptors (Lipinski definition) is 4. The van der Waals surface area contributed by atoms with Gasteiger partial charge in [-0.3, -0.25) is 4.57 Å². The molecule has 21 heavy (non-hydrogen) atoms. The van der Waals surface area contributed by atoms with Crippen molar-refractivity contribution in [3.8, 4) is 0 Å². The van der Waals surface area contributed by atoms with Crippen LogP contribution < -0.4 is 11.0 Å². The van der Waals surface area contributed by atoms with Crippen LogP contribution in [0.5, 0.6) is 0 Å². The van der Waals surface area contributed by atoms with E-state index in [-0.39, 0.29) is 5.69 Å². The molecule has 0 bridgehead atoms. The summed E-state index contributed by atoms with van der Waals surface area (Å²) >= 11 is 1.79. The SMILES string of the molecule is CNC1CCC(C(C)C)CC1Sc1n[nH]c(=O)n1C1CC1. The van der Waals surface area contributed by atoms with E-state index in [9.17, 15) is 4.79 Å². The van der Waals surface area contributed by atoms with Crippen LogP contribution in [0.1, 0.15) is 52.0 Å². The molecule has 6 heteroatoms. The van der Waals surface area contributed by atoms with E-state index in [0.717, 1.165) is 29.8 Å². The first kappa shape index (κ1) is 15.2. The van der Waals surface area contributed by atoms with Crippen LogP contribution in [0.4, 0.5) is 0 Å². The second kappa shape index (κ2) is 6.16. The molecule has 0 saturated heterocycles. The molecule has 0 spiro atoms. The monoisotopic (exact) mass is 310 g/mol. The first-order chi connectivity index (χ1) is 10.1. The van der Waals surface area contributed by atoms with Gasteiger partial charge in [0.1, 0.15) is 0 Å². The van der Waals surface area contributed by atoms with Crippen molar-refractivity contribution >= 4 is 11.8 Å². The maximum absolute atomic E-state index is 11.9. The number of thioether (sulfide) groups is 1. The average Bonchev–Trinajstić information content (AvgIpc) is 3.23. The number of aromatic nitrogens is 3. The van der Waals surface area contributed by atoms with Crippen LogP contribution in [0.2, 0.25) is 0 Å². The van der Waals surface area contributed by atoms with Gasteiger partial charge in [0, 0.05) is 17.3 Å². The van der Waals surface area contributed by atoms with Crippen molar-refractivity contribution in [1.82, 2.24) is 20.1 Å².